The number of hydrogen-bond acceptors (Lipinski definition) is 3. The van der Waals surface area contributed by atoms with E-state index < -0.39 is 5.97 Å². The smallest absolute Gasteiger partial charge is 0.339 e. The first kappa shape index (κ1) is 12.1. The third-order valence-electron chi connectivity index (χ3n) is 3.28. The van der Waals surface area contributed by atoms with Crippen molar-refractivity contribution in [2.75, 3.05) is 0 Å². The standard InChI is InChI=1S/C12H19N3O2/c1-8(2)15-11(7-13-9-4-3-5-9)10(6-14-15)12(16)17/h6,8-9,13H,3-5,7H2,1-2H3,(H,16,17). The summed E-state index contributed by atoms with van der Waals surface area (Å²) < 4.78 is 1.79. The van der Waals surface area contributed by atoms with Crippen molar-refractivity contribution in [3.8, 4) is 0 Å². The fourth-order valence-electron chi connectivity index (χ4n) is 2.04. The van der Waals surface area contributed by atoms with E-state index in [1.54, 1.807) is 4.68 Å². The highest BCUT2D eigenvalue weighted by Crippen LogP contribution is 2.20. The molecule has 1 saturated carbocycles. The van der Waals surface area contributed by atoms with Gasteiger partial charge in [-0.2, -0.15) is 5.10 Å². The topological polar surface area (TPSA) is 67.2 Å². The molecule has 17 heavy (non-hydrogen) atoms. The Morgan fingerprint density at radius 1 is 1.65 bits per heavy atom. The molecule has 0 unspecified atom stereocenters. The van der Waals surface area contributed by atoms with E-state index in [1.165, 1.54) is 25.5 Å². The molecule has 1 aliphatic carbocycles. The summed E-state index contributed by atoms with van der Waals surface area (Å²) in [4.78, 5) is 11.1. The van der Waals surface area contributed by atoms with Crippen LogP contribution in [0.3, 0.4) is 0 Å². The first-order valence-corrected chi connectivity index (χ1v) is 6.12. The molecule has 0 aromatic carbocycles. The monoisotopic (exact) mass is 237 g/mol. The lowest BCUT2D eigenvalue weighted by Crippen LogP contribution is -2.35. The maximum atomic E-state index is 11.1. The Kier molecular flexibility index (Phi) is 3.47. The second-order valence-electron chi connectivity index (χ2n) is 4.86. The molecule has 0 radical (unpaired) electrons. The Morgan fingerprint density at radius 2 is 2.35 bits per heavy atom. The number of nitrogens with zero attached hydrogens (tertiary/aromatic N) is 2. The lowest BCUT2D eigenvalue weighted by Gasteiger charge is -2.27. The lowest BCUT2D eigenvalue weighted by molar-refractivity contribution is 0.0695. The highest BCUT2D eigenvalue weighted by atomic mass is 16.4. The van der Waals surface area contributed by atoms with Gasteiger partial charge in [0.25, 0.3) is 0 Å². The maximum Gasteiger partial charge on any atom is 0.339 e. The van der Waals surface area contributed by atoms with Gasteiger partial charge in [-0.15, -0.1) is 0 Å². The van der Waals surface area contributed by atoms with Gasteiger partial charge in [-0.25, -0.2) is 4.79 Å². The van der Waals surface area contributed by atoms with E-state index in [9.17, 15) is 4.79 Å². The summed E-state index contributed by atoms with van der Waals surface area (Å²) >= 11 is 0. The van der Waals surface area contributed by atoms with Crippen LogP contribution in [0.5, 0.6) is 0 Å². The molecule has 0 aliphatic heterocycles. The predicted octanol–water partition coefficient (Wildman–Crippen LogP) is 1.80. The molecule has 0 bridgehead atoms. The third kappa shape index (κ3) is 2.49. The SMILES string of the molecule is CC(C)n1ncc(C(=O)O)c1CNC1CCC1. The van der Waals surface area contributed by atoms with Crippen molar-refractivity contribution in [2.24, 2.45) is 0 Å². The van der Waals surface area contributed by atoms with Gasteiger partial charge in [-0.05, 0) is 26.7 Å². The lowest BCUT2D eigenvalue weighted by atomic mass is 9.93. The second-order valence-corrected chi connectivity index (χ2v) is 4.86. The van der Waals surface area contributed by atoms with Gasteiger partial charge in [0.15, 0.2) is 0 Å². The van der Waals surface area contributed by atoms with Crippen LogP contribution in [0.15, 0.2) is 6.20 Å². The van der Waals surface area contributed by atoms with Crippen LogP contribution >= 0.6 is 0 Å². The number of hydrogen-bond donors (Lipinski definition) is 2. The molecule has 0 atom stereocenters. The van der Waals surface area contributed by atoms with Crippen LogP contribution in [0.1, 0.15) is 55.2 Å². The van der Waals surface area contributed by atoms with Gasteiger partial charge in [0.1, 0.15) is 5.56 Å². The van der Waals surface area contributed by atoms with Gasteiger partial charge < -0.3 is 10.4 Å². The fourth-order valence-corrected chi connectivity index (χ4v) is 2.04. The molecule has 1 aromatic rings. The van der Waals surface area contributed by atoms with Crippen LogP contribution in [-0.4, -0.2) is 26.9 Å². The van der Waals surface area contributed by atoms with Crippen molar-refractivity contribution in [3.05, 3.63) is 17.5 Å². The van der Waals surface area contributed by atoms with Crippen LogP contribution in [0, 0.1) is 0 Å². The number of nitrogens with one attached hydrogen (secondary N) is 1. The zero-order valence-corrected chi connectivity index (χ0v) is 10.3. The summed E-state index contributed by atoms with van der Waals surface area (Å²) in [6.45, 7) is 4.60. The molecule has 1 aromatic heterocycles. The predicted molar refractivity (Wildman–Crippen MR) is 64.1 cm³/mol. The van der Waals surface area contributed by atoms with Gasteiger partial charge in [0.05, 0.1) is 11.9 Å². The Balaban J connectivity index is 2.14. The average molecular weight is 237 g/mol. The summed E-state index contributed by atoms with van der Waals surface area (Å²) in [5, 5.41) is 16.7. The van der Waals surface area contributed by atoms with Gasteiger partial charge in [0.2, 0.25) is 0 Å². The molecular weight excluding hydrogens is 218 g/mol. The summed E-state index contributed by atoms with van der Waals surface area (Å²) in [5.41, 5.74) is 1.09. The van der Waals surface area contributed by atoms with E-state index in [-0.39, 0.29) is 6.04 Å². The van der Waals surface area contributed by atoms with E-state index in [0.29, 0.717) is 18.2 Å². The summed E-state index contributed by atoms with van der Waals surface area (Å²) in [6.07, 6.45) is 5.10. The molecule has 94 valence electrons. The van der Waals surface area contributed by atoms with Gasteiger partial charge in [-0.3, -0.25) is 4.68 Å². The van der Waals surface area contributed by atoms with Crippen molar-refractivity contribution in [2.45, 2.75) is 51.7 Å². The third-order valence-corrected chi connectivity index (χ3v) is 3.28. The number of rotatable bonds is 5. The van der Waals surface area contributed by atoms with E-state index in [4.69, 9.17) is 5.11 Å². The quantitative estimate of drug-likeness (QED) is 0.819. The van der Waals surface area contributed by atoms with Crippen LogP contribution in [0.4, 0.5) is 0 Å². The highest BCUT2D eigenvalue weighted by Gasteiger charge is 2.21. The number of carbonyl (C=O) groups is 1. The van der Waals surface area contributed by atoms with Crippen molar-refractivity contribution in [1.82, 2.24) is 15.1 Å². The van der Waals surface area contributed by atoms with Crippen LogP contribution in [-0.2, 0) is 6.54 Å². The van der Waals surface area contributed by atoms with E-state index in [0.717, 1.165) is 5.69 Å². The van der Waals surface area contributed by atoms with Gasteiger partial charge in [0, 0.05) is 18.6 Å². The molecule has 2 N–H and O–H groups in total. The molecule has 5 heteroatoms. The molecule has 0 saturated heterocycles. The average Bonchev–Trinajstić information content (AvgIpc) is 2.59. The molecule has 1 fully saturated rings. The Morgan fingerprint density at radius 3 is 2.82 bits per heavy atom. The number of aromatic carboxylic acids is 1. The van der Waals surface area contributed by atoms with Crippen molar-refractivity contribution >= 4 is 5.97 Å². The number of aromatic nitrogens is 2. The molecule has 1 aliphatic rings. The minimum Gasteiger partial charge on any atom is -0.478 e. The Bertz CT molecular complexity index is 408. The van der Waals surface area contributed by atoms with E-state index >= 15 is 0 Å². The van der Waals surface area contributed by atoms with Crippen LogP contribution in [0.2, 0.25) is 0 Å². The van der Waals surface area contributed by atoms with Gasteiger partial charge >= 0.3 is 5.97 Å². The summed E-state index contributed by atoms with van der Waals surface area (Å²) in [5.74, 6) is -0.901. The first-order valence-electron chi connectivity index (χ1n) is 6.12. The Labute approximate surface area is 101 Å². The highest BCUT2D eigenvalue weighted by molar-refractivity contribution is 5.88. The van der Waals surface area contributed by atoms with E-state index in [1.807, 2.05) is 13.8 Å². The molecule has 1 heterocycles. The minimum absolute atomic E-state index is 0.182. The zero-order chi connectivity index (χ0) is 12.4. The van der Waals surface area contributed by atoms with Crippen LogP contribution in [0.25, 0.3) is 0 Å². The number of carboxylic acids is 1. The molecule has 2 rings (SSSR count). The fraction of sp³-hybridized carbons (Fsp3) is 0.667. The first-order chi connectivity index (χ1) is 8.09. The molecular formula is C12H19N3O2. The zero-order valence-electron chi connectivity index (χ0n) is 10.3. The molecule has 5 nitrogen and oxygen atoms in total. The summed E-state index contributed by atoms with van der Waals surface area (Å²) in [6, 6.07) is 0.730. The Hall–Kier alpha value is -1.36. The molecule has 0 amide bonds. The maximum absolute atomic E-state index is 11.1. The van der Waals surface area contributed by atoms with E-state index in [2.05, 4.69) is 10.4 Å². The van der Waals surface area contributed by atoms with Crippen LogP contribution < -0.4 is 5.32 Å². The minimum atomic E-state index is -0.901. The van der Waals surface area contributed by atoms with Crippen molar-refractivity contribution < 1.29 is 9.90 Å². The largest absolute Gasteiger partial charge is 0.478 e. The normalized spacial score (nSPS) is 16.2. The second kappa shape index (κ2) is 4.87. The number of carboxylic acid groups (broad SMARTS) is 1. The van der Waals surface area contributed by atoms with Crippen molar-refractivity contribution in [3.63, 3.8) is 0 Å². The molecule has 0 spiro atoms. The van der Waals surface area contributed by atoms with Gasteiger partial charge in [-0.1, -0.05) is 6.42 Å². The summed E-state index contributed by atoms with van der Waals surface area (Å²) in [7, 11) is 0. The van der Waals surface area contributed by atoms with Crippen molar-refractivity contribution in [1.29, 1.82) is 0 Å².